The fraction of sp³-hybridized carbons (Fsp3) is 0.111. The van der Waals surface area contributed by atoms with Crippen LogP contribution in [0.25, 0.3) is 11.4 Å². The first kappa shape index (κ1) is 9.68. The van der Waals surface area contributed by atoms with Crippen LogP contribution in [-0.4, -0.2) is 14.8 Å². The molecule has 0 saturated carbocycles. The van der Waals surface area contributed by atoms with Gasteiger partial charge in [0.1, 0.15) is 0 Å². The summed E-state index contributed by atoms with van der Waals surface area (Å²) in [6, 6.07) is 7.43. The Balaban J connectivity index is 2.44. The van der Waals surface area contributed by atoms with Gasteiger partial charge in [-0.25, -0.2) is 9.67 Å². The summed E-state index contributed by atoms with van der Waals surface area (Å²) >= 11 is 9.07. The Hall–Kier alpha value is -0.870. The number of benzene rings is 1. The summed E-state index contributed by atoms with van der Waals surface area (Å²) in [5.41, 5.74) is 0.954. The molecule has 0 N–H and O–H groups in total. The quantitative estimate of drug-likeness (QED) is 0.799. The summed E-state index contributed by atoms with van der Waals surface area (Å²) in [7, 11) is 1.83. The molecule has 1 aromatic carbocycles. The van der Waals surface area contributed by atoms with Gasteiger partial charge in [-0.3, -0.25) is 0 Å². The summed E-state index contributed by atoms with van der Waals surface area (Å²) < 4.78 is 2.38. The minimum absolute atomic E-state index is 0.691. The van der Waals surface area contributed by atoms with Crippen LogP contribution in [0.4, 0.5) is 0 Å². The van der Waals surface area contributed by atoms with Crippen molar-refractivity contribution in [2.45, 2.75) is 0 Å². The van der Waals surface area contributed by atoms with E-state index in [0.29, 0.717) is 15.6 Å². The van der Waals surface area contributed by atoms with Gasteiger partial charge in [0.05, 0.1) is 0 Å². The lowest BCUT2D eigenvalue weighted by Crippen LogP contribution is -1.89. The van der Waals surface area contributed by atoms with Gasteiger partial charge in [0.15, 0.2) is 10.6 Å². The second kappa shape index (κ2) is 3.71. The van der Waals surface area contributed by atoms with Gasteiger partial charge < -0.3 is 0 Å². The van der Waals surface area contributed by atoms with E-state index in [1.54, 1.807) is 4.68 Å². The molecule has 0 atom stereocenters. The molecule has 0 aliphatic heterocycles. The van der Waals surface area contributed by atoms with E-state index in [1.807, 2.05) is 31.3 Å². The lowest BCUT2D eigenvalue weighted by Gasteiger charge is -1.93. The highest BCUT2D eigenvalue weighted by Crippen LogP contribution is 2.19. The lowest BCUT2D eigenvalue weighted by molar-refractivity contribution is 0.747. The minimum atomic E-state index is 0.691. The van der Waals surface area contributed by atoms with E-state index in [-0.39, 0.29) is 0 Å². The van der Waals surface area contributed by atoms with E-state index in [2.05, 4.69) is 26.0 Å². The molecule has 0 fully saturated rings. The third kappa shape index (κ3) is 1.81. The Morgan fingerprint density at radius 1 is 1.29 bits per heavy atom. The van der Waals surface area contributed by atoms with Crippen molar-refractivity contribution in [2.24, 2.45) is 7.05 Å². The van der Waals surface area contributed by atoms with Crippen LogP contribution >= 0.6 is 27.5 Å². The zero-order valence-electron chi connectivity index (χ0n) is 7.41. The molecule has 5 heteroatoms. The van der Waals surface area contributed by atoms with Crippen LogP contribution in [0, 0.1) is 0 Å². The predicted octanol–water partition coefficient (Wildman–Crippen LogP) is 2.90. The molecule has 2 rings (SSSR count). The Morgan fingerprint density at radius 3 is 2.43 bits per heavy atom. The summed E-state index contributed by atoms with van der Waals surface area (Å²) in [5.74, 6) is 0.691. The van der Waals surface area contributed by atoms with Gasteiger partial charge in [-0.2, -0.15) is 5.10 Å². The average molecular weight is 273 g/mol. The van der Waals surface area contributed by atoms with Crippen LogP contribution in [-0.2, 0) is 7.05 Å². The average Bonchev–Trinajstić information content (AvgIpc) is 2.48. The fourth-order valence-electron chi connectivity index (χ4n) is 1.09. The fourth-order valence-corrected chi connectivity index (χ4v) is 1.46. The summed E-state index contributed by atoms with van der Waals surface area (Å²) in [4.78, 5) is 4.24. The van der Waals surface area contributed by atoms with Crippen molar-refractivity contribution < 1.29 is 0 Å². The Morgan fingerprint density at radius 2 is 1.93 bits per heavy atom. The zero-order chi connectivity index (χ0) is 10.1. The summed E-state index contributed by atoms with van der Waals surface area (Å²) in [6.07, 6.45) is 0. The molecule has 0 aliphatic rings. The van der Waals surface area contributed by atoms with Crippen LogP contribution in [0.15, 0.2) is 29.0 Å². The van der Waals surface area contributed by atoms with Crippen LogP contribution < -0.4 is 0 Å². The highest BCUT2D eigenvalue weighted by molar-refractivity contribution is 9.10. The van der Waals surface area contributed by atoms with E-state index in [0.717, 1.165) is 5.56 Å². The number of rotatable bonds is 1. The van der Waals surface area contributed by atoms with Crippen LogP contribution in [0.2, 0.25) is 5.02 Å². The molecule has 1 heterocycles. The molecule has 14 heavy (non-hydrogen) atoms. The second-order valence-electron chi connectivity index (χ2n) is 2.83. The number of aromatic nitrogens is 3. The molecule has 0 unspecified atom stereocenters. The van der Waals surface area contributed by atoms with Crippen LogP contribution in [0.1, 0.15) is 0 Å². The normalized spacial score (nSPS) is 10.5. The zero-order valence-corrected chi connectivity index (χ0v) is 9.75. The van der Waals surface area contributed by atoms with Gasteiger partial charge in [-0.15, -0.1) is 0 Å². The van der Waals surface area contributed by atoms with Crippen molar-refractivity contribution in [1.29, 1.82) is 0 Å². The molecule has 0 saturated heterocycles. The molecular weight excluding hydrogens is 265 g/mol. The third-order valence-corrected chi connectivity index (χ3v) is 2.75. The molecule has 0 spiro atoms. The van der Waals surface area contributed by atoms with E-state index < -0.39 is 0 Å². The van der Waals surface area contributed by atoms with E-state index in [9.17, 15) is 0 Å². The molecule has 2 aromatic rings. The monoisotopic (exact) mass is 271 g/mol. The SMILES string of the molecule is Cn1nc(-c2ccc(Cl)cc2)nc1Br. The molecular formula is C9H7BrClN3. The van der Waals surface area contributed by atoms with E-state index in [4.69, 9.17) is 11.6 Å². The Kier molecular flexibility index (Phi) is 2.56. The van der Waals surface area contributed by atoms with Crippen LogP contribution in [0.3, 0.4) is 0 Å². The maximum atomic E-state index is 5.78. The predicted molar refractivity (Wildman–Crippen MR) is 59.1 cm³/mol. The molecule has 72 valence electrons. The largest absolute Gasteiger partial charge is 0.243 e. The highest BCUT2D eigenvalue weighted by atomic mass is 79.9. The molecule has 1 aromatic heterocycles. The van der Waals surface area contributed by atoms with Gasteiger partial charge >= 0.3 is 0 Å². The topological polar surface area (TPSA) is 30.7 Å². The standard InChI is InChI=1S/C9H7BrClN3/c1-14-9(10)12-8(13-14)6-2-4-7(11)5-3-6/h2-5H,1H3. The van der Waals surface area contributed by atoms with Crippen molar-refractivity contribution in [1.82, 2.24) is 14.8 Å². The molecule has 0 radical (unpaired) electrons. The van der Waals surface area contributed by atoms with Crippen LogP contribution in [0.5, 0.6) is 0 Å². The Bertz CT molecular complexity index is 430. The third-order valence-electron chi connectivity index (χ3n) is 1.81. The molecule has 0 amide bonds. The van der Waals surface area contributed by atoms with Crippen molar-refractivity contribution in [3.05, 3.63) is 34.0 Å². The summed E-state index contributed by atoms with van der Waals surface area (Å²) in [6.45, 7) is 0. The van der Waals surface area contributed by atoms with Gasteiger partial charge in [0, 0.05) is 17.6 Å². The first-order valence-electron chi connectivity index (χ1n) is 3.99. The van der Waals surface area contributed by atoms with Crippen molar-refractivity contribution in [2.75, 3.05) is 0 Å². The first-order chi connectivity index (χ1) is 6.66. The number of hydrogen-bond acceptors (Lipinski definition) is 2. The number of hydrogen-bond donors (Lipinski definition) is 0. The van der Waals surface area contributed by atoms with Gasteiger partial charge in [0.25, 0.3) is 0 Å². The van der Waals surface area contributed by atoms with E-state index in [1.165, 1.54) is 0 Å². The number of halogens is 2. The maximum absolute atomic E-state index is 5.78. The smallest absolute Gasteiger partial charge is 0.195 e. The van der Waals surface area contributed by atoms with Gasteiger partial charge in [0.2, 0.25) is 0 Å². The molecule has 0 aliphatic carbocycles. The van der Waals surface area contributed by atoms with Crippen molar-refractivity contribution in [3.8, 4) is 11.4 Å². The summed E-state index contributed by atoms with van der Waals surface area (Å²) in [5, 5.41) is 4.94. The second-order valence-corrected chi connectivity index (χ2v) is 3.98. The van der Waals surface area contributed by atoms with Gasteiger partial charge in [-0.1, -0.05) is 11.6 Å². The van der Waals surface area contributed by atoms with Crippen molar-refractivity contribution in [3.63, 3.8) is 0 Å². The maximum Gasteiger partial charge on any atom is 0.195 e. The molecule has 0 bridgehead atoms. The van der Waals surface area contributed by atoms with Crippen molar-refractivity contribution >= 4 is 27.5 Å². The minimum Gasteiger partial charge on any atom is -0.243 e. The molecule has 3 nitrogen and oxygen atoms in total. The lowest BCUT2D eigenvalue weighted by atomic mass is 10.2. The highest BCUT2D eigenvalue weighted by Gasteiger charge is 2.05. The first-order valence-corrected chi connectivity index (χ1v) is 5.16. The Labute approximate surface area is 94.9 Å². The number of nitrogens with zero attached hydrogens (tertiary/aromatic N) is 3. The van der Waals surface area contributed by atoms with Gasteiger partial charge in [-0.05, 0) is 40.2 Å². The number of aryl methyl sites for hydroxylation is 1. The van der Waals surface area contributed by atoms with E-state index >= 15 is 0 Å².